The van der Waals surface area contributed by atoms with E-state index in [0.29, 0.717) is 0 Å². The van der Waals surface area contributed by atoms with Crippen LogP contribution in [0.5, 0.6) is 0 Å². The highest BCUT2D eigenvalue weighted by molar-refractivity contribution is 8.02. The molecule has 2 aromatic carbocycles. The second kappa shape index (κ2) is 8.87. The Morgan fingerprint density at radius 1 is 1.00 bits per heavy atom. The summed E-state index contributed by atoms with van der Waals surface area (Å²) in [6.07, 6.45) is 3.32. The van der Waals surface area contributed by atoms with Crippen molar-refractivity contribution >= 4 is 35.1 Å². The summed E-state index contributed by atoms with van der Waals surface area (Å²) >= 11 is 2.95. The molecule has 26 heavy (non-hydrogen) atoms. The van der Waals surface area contributed by atoms with Crippen LogP contribution >= 0.6 is 23.5 Å². The standard InChI is InChI=1S/C20H19N3OS2/c1-14-8-9-15(2)17(12-14)23-18(24)13-25-19-20(22-11-10-21-19)26-16-6-4-3-5-7-16/h3-12H,13H2,1-2H3,(H,23,24). The van der Waals surface area contributed by atoms with Gasteiger partial charge in [0.2, 0.25) is 5.91 Å². The van der Waals surface area contributed by atoms with Crippen LogP contribution in [-0.2, 0) is 4.79 Å². The fraction of sp³-hybridized carbons (Fsp3) is 0.150. The molecule has 0 aliphatic carbocycles. The molecule has 3 rings (SSSR count). The first-order valence-electron chi connectivity index (χ1n) is 8.15. The number of nitrogens with zero attached hydrogens (tertiary/aromatic N) is 2. The Morgan fingerprint density at radius 3 is 2.50 bits per heavy atom. The van der Waals surface area contributed by atoms with Gasteiger partial charge in [0.15, 0.2) is 0 Å². The molecule has 1 N–H and O–H groups in total. The number of aromatic nitrogens is 2. The lowest BCUT2D eigenvalue weighted by molar-refractivity contribution is -0.113. The topological polar surface area (TPSA) is 54.9 Å². The van der Waals surface area contributed by atoms with Gasteiger partial charge in [-0.05, 0) is 43.2 Å². The minimum absolute atomic E-state index is 0.0509. The van der Waals surface area contributed by atoms with Gasteiger partial charge in [-0.2, -0.15) is 0 Å². The van der Waals surface area contributed by atoms with Crippen LogP contribution in [0.3, 0.4) is 0 Å². The average molecular weight is 382 g/mol. The molecule has 0 radical (unpaired) electrons. The third-order valence-corrected chi connectivity index (χ3v) is 5.71. The van der Waals surface area contributed by atoms with E-state index in [0.717, 1.165) is 31.8 Å². The molecule has 1 amide bonds. The molecule has 6 heteroatoms. The summed E-state index contributed by atoms with van der Waals surface area (Å²) in [5.41, 5.74) is 3.02. The molecular formula is C20H19N3OS2. The van der Waals surface area contributed by atoms with Gasteiger partial charge in [-0.3, -0.25) is 4.79 Å². The SMILES string of the molecule is Cc1ccc(C)c(NC(=O)CSc2nccnc2Sc2ccccc2)c1. The van der Waals surface area contributed by atoms with Crippen LogP contribution in [0.15, 0.2) is 75.9 Å². The number of anilines is 1. The maximum absolute atomic E-state index is 12.3. The van der Waals surface area contributed by atoms with Crippen LogP contribution < -0.4 is 5.32 Å². The molecule has 0 aliphatic rings. The summed E-state index contributed by atoms with van der Waals surface area (Å²) in [6.45, 7) is 4.00. The van der Waals surface area contributed by atoms with Crippen molar-refractivity contribution in [3.63, 3.8) is 0 Å². The lowest BCUT2D eigenvalue weighted by Gasteiger charge is -2.10. The number of hydrogen-bond donors (Lipinski definition) is 1. The number of carbonyl (C=O) groups is 1. The third-order valence-electron chi connectivity index (χ3n) is 3.60. The number of benzene rings is 2. The lowest BCUT2D eigenvalue weighted by Crippen LogP contribution is -2.15. The summed E-state index contributed by atoms with van der Waals surface area (Å²) < 4.78 is 0. The van der Waals surface area contributed by atoms with Crippen LogP contribution in [0.1, 0.15) is 11.1 Å². The number of aryl methyl sites for hydroxylation is 2. The van der Waals surface area contributed by atoms with Crippen molar-refractivity contribution in [3.8, 4) is 0 Å². The zero-order valence-electron chi connectivity index (χ0n) is 14.6. The van der Waals surface area contributed by atoms with Crippen molar-refractivity contribution < 1.29 is 4.79 Å². The van der Waals surface area contributed by atoms with Crippen molar-refractivity contribution in [2.45, 2.75) is 28.8 Å². The van der Waals surface area contributed by atoms with Crippen LogP contribution in [-0.4, -0.2) is 21.6 Å². The van der Waals surface area contributed by atoms with Gasteiger partial charge >= 0.3 is 0 Å². The van der Waals surface area contributed by atoms with E-state index in [2.05, 4.69) is 15.3 Å². The highest BCUT2D eigenvalue weighted by Gasteiger charge is 2.11. The van der Waals surface area contributed by atoms with Crippen LogP contribution in [0.2, 0.25) is 0 Å². The number of thioether (sulfide) groups is 1. The second-order valence-corrected chi connectivity index (χ2v) is 7.76. The smallest absolute Gasteiger partial charge is 0.234 e. The predicted molar refractivity (Wildman–Crippen MR) is 108 cm³/mol. The molecule has 132 valence electrons. The molecule has 3 aromatic rings. The van der Waals surface area contributed by atoms with Crippen LogP contribution in [0.4, 0.5) is 5.69 Å². The first kappa shape index (κ1) is 18.5. The van der Waals surface area contributed by atoms with Gasteiger partial charge in [-0.25, -0.2) is 9.97 Å². The Morgan fingerprint density at radius 2 is 1.73 bits per heavy atom. The molecule has 0 bridgehead atoms. The van der Waals surface area contributed by atoms with Gasteiger partial charge in [0.05, 0.1) is 5.75 Å². The molecule has 1 aromatic heterocycles. The van der Waals surface area contributed by atoms with Crippen LogP contribution in [0.25, 0.3) is 0 Å². The zero-order chi connectivity index (χ0) is 18.4. The summed E-state index contributed by atoms with van der Waals surface area (Å²) in [7, 11) is 0. The summed E-state index contributed by atoms with van der Waals surface area (Å²) in [5.74, 6) is 0.235. The molecule has 0 atom stereocenters. The summed E-state index contributed by atoms with van der Waals surface area (Å²) in [4.78, 5) is 22.2. The van der Waals surface area contributed by atoms with E-state index in [1.807, 2.05) is 62.4 Å². The average Bonchev–Trinajstić information content (AvgIpc) is 2.65. The Hall–Kier alpha value is -2.31. The predicted octanol–water partition coefficient (Wildman–Crippen LogP) is 4.98. The lowest BCUT2D eigenvalue weighted by atomic mass is 10.1. The zero-order valence-corrected chi connectivity index (χ0v) is 16.2. The monoisotopic (exact) mass is 381 g/mol. The number of rotatable bonds is 6. The fourth-order valence-electron chi connectivity index (χ4n) is 2.27. The summed E-state index contributed by atoms with van der Waals surface area (Å²) in [6, 6.07) is 16.0. The minimum atomic E-state index is -0.0509. The maximum atomic E-state index is 12.3. The van der Waals surface area contributed by atoms with Gasteiger partial charge in [-0.1, -0.05) is 53.9 Å². The Labute approximate surface area is 161 Å². The molecule has 0 aliphatic heterocycles. The first-order chi connectivity index (χ1) is 12.6. The highest BCUT2D eigenvalue weighted by atomic mass is 32.2. The van der Waals surface area contributed by atoms with E-state index >= 15 is 0 Å². The van der Waals surface area contributed by atoms with E-state index in [4.69, 9.17) is 0 Å². The number of nitrogens with one attached hydrogen (secondary N) is 1. The van der Waals surface area contributed by atoms with Crippen molar-refractivity contribution in [1.29, 1.82) is 0 Å². The molecule has 0 spiro atoms. The van der Waals surface area contributed by atoms with Gasteiger partial charge in [0.1, 0.15) is 10.1 Å². The molecule has 0 saturated carbocycles. The Balaban J connectivity index is 1.64. The first-order valence-corrected chi connectivity index (χ1v) is 9.96. The molecule has 4 nitrogen and oxygen atoms in total. The van der Waals surface area contributed by atoms with Crippen molar-refractivity contribution in [1.82, 2.24) is 9.97 Å². The highest BCUT2D eigenvalue weighted by Crippen LogP contribution is 2.32. The number of amides is 1. The quantitative estimate of drug-likeness (QED) is 0.611. The van der Waals surface area contributed by atoms with Gasteiger partial charge in [0.25, 0.3) is 0 Å². The van der Waals surface area contributed by atoms with Crippen molar-refractivity contribution in [2.24, 2.45) is 0 Å². The number of carbonyl (C=O) groups excluding carboxylic acids is 1. The molecular weight excluding hydrogens is 362 g/mol. The Kier molecular flexibility index (Phi) is 6.30. The molecule has 0 unspecified atom stereocenters. The second-order valence-electron chi connectivity index (χ2n) is 5.74. The van der Waals surface area contributed by atoms with Crippen molar-refractivity contribution in [2.75, 3.05) is 11.1 Å². The van der Waals surface area contributed by atoms with E-state index in [1.54, 1.807) is 24.2 Å². The van der Waals surface area contributed by atoms with E-state index < -0.39 is 0 Å². The normalized spacial score (nSPS) is 10.5. The maximum Gasteiger partial charge on any atom is 0.234 e. The molecule has 0 saturated heterocycles. The number of hydrogen-bond acceptors (Lipinski definition) is 5. The van der Waals surface area contributed by atoms with E-state index in [-0.39, 0.29) is 11.7 Å². The van der Waals surface area contributed by atoms with Gasteiger partial charge < -0.3 is 5.32 Å². The molecule has 1 heterocycles. The third kappa shape index (κ3) is 5.09. The largest absolute Gasteiger partial charge is 0.325 e. The Bertz CT molecular complexity index is 901. The van der Waals surface area contributed by atoms with E-state index in [9.17, 15) is 4.79 Å². The van der Waals surface area contributed by atoms with Crippen LogP contribution in [0, 0.1) is 13.8 Å². The van der Waals surface area contributed by atoms with Crippen molar-refractivity contribution in [3.05, 3.63) is 72.1 Å². The minimum Gasteiger partial charge on any atom is -0.325 e. The van der Waals surface area contributed by atoms with E-state index in [1.165, 1.54) is 11.8 Å². The fourth-order valence-corrected chi connectivity index (χ4v) is 4.00. The summed E-state index contributed by atoms with van der Waals surface area (Å²) in [5, 5.41) is 4.55. The van der Waals surface area contributed by atoms with Gasteiger partial charge in [0, 0.05) is 23.0 Å². The molecule has 0 fully saturated rings. The van der Waals surface area contributed by atoms with Gasteiger partial charge in [-0.15, -0.1) is 0 Å².